The van der Waals surface area contributed by atoms with Crippen LogP contribution in [-0.2, 0) is 12.3 Å². The molecule has 0 atom stereocenters. The average Bonchev–Trinajstić information content (AvgIpc) is 2.46. The Morgan fingerprint density at radius 1 is 1.83 bits per heavy atom. The maximum atomic E-state index is 10.6. The summed E-state index contributed by atoms with van der Waals surface area (Å²) in [4.78, 5) is 14.4. The lowest BCUT2D eigenvalue weighted by molar-refractivity contribution is 0.0678. The van der Waals surface area contributed by atoms with Gasteiger partial charge in [0.15, 0.2) is 0 Å². The molecule has 0 aliphatic heterocycles. The fourth-order valence-corrected chi connectivity index (χ4v) is 1.31. The maximum absolute atomic E-state index is 10.6. The number of aromatic nitrogens is 2. The zero-order valence-electron chi connectivity index (χ0n) is 6.69. The largest absolute Gasteiger partial charge is 0.475 e. The number of hydrogen-bond acceptors (Lipinski definition) is 3. The van der Waals surface area contributed by atoms with E-state index in [0.717, 1.165) is 5.69 Å². The number of imidazole rings is 1. The van der Waals surface area contributed by atoms with E-state index in [-0.39, 0.29) is 5.82 Å². The third-order valence-corrected chi connectivity index (χ3v) is 1.93. The summed E-state index contributed by atoms with van der Waals surface area (Å²) in [7, 11) is 0. The Morgan fingerprint density at radius 3 is 2.92 bits per heavy atom. The number of carbonyl (C=O) groups is 1. The van der Waals surface area contributed by atoms with Crippen molar-refractivity contribution in [2.75, 3.05) is 0 Å². The predicted molar refractivity (Wildman–Crippen MR) is 47.6 cm³/mol. The molecule has 0 aliphatic carbocycles. The smallest absolute Gasteiger partial charge is 0.372 e. The van der Waals surface area contributed by atoms with Gasteiger partial charge in [0.1, 0.15) is 0 Å². The lowest BCUT2D eigenvalue weighted by atomic mass is 10.5. The summed E-state index contributed by atoms with van der Waals surface area (Å²) in [6.45, 7) is 2.48. The summed E-state index contributed by atoms with van der Waals surface area (Å²) in [5.41, 5.74) is 0.832. The van der Waals surface area contributed by atoms with Gasteiger partial charge in [-0.25, -0.2) is 9.78 Å². The molecule has 1 aromatic heterocycles. The molecule has 1 rings (SSSR count). The van der Waals surface area contributed by atoms with Gasteiger partial charge in [-0.1, -0.05) is 0 Å². The van der Waals surface area contributed by atoms with Crippen LogP contribution in [0.4, 0.5) is 0 Å². The van der Waals surface area contributed by atoms with E-state index in [1.165, 1.54) is 0 Å². The number of nitrogens with zero attached hydrogens (tertiary/aromatic N) is 2. The third-order valence-electron chi connectivity index (χ3n) is 1.61. The number of hydrogen-bond donors (Lipinski definition) is 2. The summed E-state index contributed by atoms with van der Waals surface area (Å²) in [6, 6.07) is 0. The normalized spacial score (nSPS) is 10.2. The number of aromatic carboxylic acids is 1. The molecule has 1 heterocycles. The molecular weight excluding hydrogens is 176 g/mol. The SMILES string of the molecule is CCn1c(CS)cnc1C(=O)O. The van der Waals surface area contributed by atoms with Crippen molar-refractivity contribution >= 4 is 18.6 Å². The van der Waals surface area contributed by atoms with Crippen molar-refractivity contribution in [3.8, 4) is 0 Å². The Kier molecular flexibility index (Phi) is 2.75. The van der Waals surface area contributed by atoms with Crippen molar-refractivity contribution in [3.05, 3.63) is 17.7 Å². The van der Waals surface area contributed by atoms with Gasteiger partial charge in [-0.05, 0) is 6.92 Å². The van der Waals surface area contributed by atoms with E-state index >= 15 is 0 Å². The minimum atomic E-state index is -0.995. The highest BCUT2D eigenvalue weighted by Crippen LogP contribution is 2.07. The highest BCUT2D eigenvalue weighted by Gasteiger charge is 2.13. The first-order chi connectivity index (χ1) is 5.70. The molecule has 0 amide bonds. The first kappa shape index (κ1) is 9.12. The van der Waals surface area contributed by atoms with Crippen LogP contribution < -0.4 is 0 Å². The van der Waals surface area contributed by atoms with Crippen molar-refractivity contribution in [1.82, 2.24) is 9.55 Å². The quantitative estimate of drug-likeness (QED) is 0.693. The van der Waals surface area contributed by atoms with Crippen LogP contribution in [0.3, 0.4) is 0 Å². The van der Waals surface area contributed by atoms with Gasteiger partial charge in [-0.15, -0.1) is 0 Å². The van der Waals surface area contributed by atoms with Crippen LogP contribution in [0, 0.1) is 0 Å². The summed E-state index contributed by atoms with van der Waals surface area (Å²) < 4.78 is 1.63. The second-order valence-electron chi connectivity index (χ2n) is 2.28. The molecule has 0 radical (unpaired) electrons. The van der Waals surface area contributed by atoms with Crippen molar-refractivity contribution < 1.29 is 9.90 Å². The van der Waals surface area contributed by atoms with Crippen LogP contribution in [-0.4, -0.2) is 20.6 Å². The van der Waals surface area contributed by atoms with Crippen molar-refractivity contribution in [2.24, 2.45) is 0 Å². The molecule has 0 unspecified atom stereocenters. The lowest BCUT2D eigenvalue weighted by Gasteiger charge is -2.03. The molecule has 5 heteroatoms. The van der Waals surface area contributed by atoms with Gasteiger partial charge < -0.3 is 9.67 Å². The Balaban J connectivity index is 3.13. The van der Waals surface area contributed by atoms with Crippen LogP contribution in [0.2, 0.25) is 0 Å². The highest BCUT2D eigenvalue weighted by atomic mass is 32.1. The molecule has 0 spiro atoms. The van der Waals surface area contributed by atoms with Gasteiger partial charge in [-0.2, -0.15) is 12.6 Å². The van der Waals surface area contributed by atoms with Crippen LogP contribution >= 0.6 is 12.6 Å². The van der Waals surface area contributed by atoms with Crippen molar-refractivity contribution in [2.45, 2.75) is 19.2 Å². The molecule has 0 bridgehead atoms. The number of carboxylic acid groups (broad SMARTS) is 1. The van der Waals surface area contributed by atoms with E-state index < -0.39 is 5.97 Å². The molecule has 1 N–H and O–H groups in total. The summed E-state index contributed by atoms with van der Waals surface area (Å²) in [6.07, 6.45) is 1.54. The maximum Gasteiger partial charge on any atom is 0.372 e. The summed E-state index contributed by atoms with van der Waals surface area (Å²) >= 11 is 4.06. The standard InChI is InChI=1S/C7H10N2O2S/c1-2-9-5(4-12)3-8-6(9)7(10)11/h3,12H,2,4H2,1H3,(H,10,11). The second kappa shape index (κ2) is 3.62. The van der Waals surface area contributed by atoms with E-state index in [0.29, 0.717) is 12.3 Å². The van der Waals surface area contributed by atoms with Gasteiger partial charge >= 0.3 is 5.97 Å². The molecular formula is C7H10N2O2S. The highest BCUT2D eigenvalue weighted by molar-refractivity contribution is 7.79. The fourth-order valence-electron chi connectivity index (χ4n) is 1.06. The topological polar surface area (TPSA) is 55.1 Å². The molecule has 1 aromatic rings. The Hall–Kier alpha value is -0.970. The second-order valence-corrected chi connectivity index (χ2v) is 2.60. The molecule has 0 aromatic carbocycles. The number of carboxylic acids is 1. The zero-order chi connectivity index (χ0) is 9.14. The molecule has 0 fully saturated rings. The average molecular weight is 186 g/mol. The van der Waals surface area contributed by atoms with Crippen molar-refractivity contribution in [1.29, 1.82) is 0 Å². The van der Waals surface area contributed by atoms with Gasteiger partial charge in [0.25, 0.3) is 0 Å². The molecule has 12 heavy (non-hydrogen) atoms. The number of thiol groups is 1. The van der Waals surface area contributed by atoms with Crippen LogP contribution in [0.5, 0.6) is 0 Å². The molecule has 0 aliphatic rings. The fraction of sp³-hybridized carbons (Fsp3) is 0.429. The Bertz CT molecular complexity index is 296. The predicted octanol–water partition coefficient (Wildman–Crippen LogP) is 1.03. The Morgan fingerprint density at radius 2 is 2.50 bits per heavy atom. The van der Waals surface area contributed by atoms with E-state index in [9.17, 15) is 4.79 Å². The van der Waals surface area contributed by atoms with E-state index in [4.69, 9.17) is 5.11 Å². The van der Waals surface area contributed by atoms with E-state index in [1.54, 1.807) is 10.8 Å². The van der Waals surface area contributed by atoms with Crippen molar-refractivity contribution in [3.63, 3.8) is 0 Å². The van der Waals surface area contributed by atoms with Crippen LogP contribution in [0.1, 0.15) is 23.2 Å². The lowest BCUT2D eigenvalue weighted by Crippen LogP contribution is -2.10. The molecule has 4 nitrogen and oxygen atoms in total. The van der Waals surface area contributed by atoms with Crippen LogP contribution in [0.25, 0.3) is 0 Å². The van der Waals surface area contributed by atoms with E-state index in [2.05, 4.69) is 17.6 Å². The first-order valence-electron chi connectivity index (χ1n) is 3.59. The van der Waals surface area contributed by atoms with Gasteiger partial charge in [-0.3, -0.25) is 0 Å². The van der Waals surface area contributed by atoms with Gasteiger partial charge in [0.05, 0.1) is 0 Å². The summed E-state index contributed by atoms with van der Waals surface area (Å²) in [5, 5.41) is 8.70. The van der Waals surface area contributed by atoms with Crippen LogP contribution in [0.15, 0.2) is 6.20 Å². The third kappa shape index (κ3) is 1.45. The Labute approximate surface area is 75.6 Å². The molecule has 0 saturated heterocycles. The first-order valence-corrected chi connectivity index (χ1v) is 4.22. The minimum absolute atomic E-state index is 0.0848. The van der Waals surface area contributed by atoms with E-state index in [1.807, 2.05) is 6.92 Å². The zero-order valence-corrected chi connectivity index (χ0v) is 7.58. The monoisotopic (exact) mass is 186 g/mol. The van der Waals surface area contributed by atoms with Gasteiger partial charge in [0, 0.05) is 24.2 Å². The minimum Gasteiger partial charge on any atom is -0.475 e. The molecule has 0 saturated carbocycles. The molecule has 66 valence electrons. The number of rotatable bonds is 3. The van der Waals surface area contributed by atoms with Gasteiger partial charge in [0.2, 0.25) is 5.82 Å². The summed E-state index contributed by atoms with van der Waals surface area (Å²) in [5.74, 6) is -0.403.